The lowest BCUT2D eigenvalue weighted by atomic mass is 9.98. The van der Waals surface area contributed by atoms with Crippen LogP contribution >= 0.6 is 0 Å². The van der Waals surface area contributed by atoms with Crippen LogP contribution in [0, 0.1) is 0 Å². The van der Waals surface area contributed by atoms with E-state index in [-0.39, 0.29) is 10.5 Å². The molecule has 1 aromatic rings. The fourth-order valence-electron chi connectivity index (χ4n) is 3.00. The first-order chi connectivity index (χ1) is 9.70. The van der Waals surface area contributed by atoms with Gasteiger partial charge in [-0.2, -0.15) is 10.0 Å². The molecule has 2 heterocycles. The van der Waals surface area contributed by atoms with Crippen molar-refractivity contribution in [2.45, 2.75) is 32.6 Å². The van der Waals surface area contributed by atoms with Crippen molar-refractivity contribution in [1.82, 2.24) is 15.3 Å². The van der Waals surface area contributed by atoms with Crippen molar-refractivity contribution in [3.05, 3.63) is 17.5 Å². The molecule has 108 valence electrons. The van der Waals surface area contributed by atoms with Crippen molar-refractivity contribution in [3.63, 3.8) is 0 Å². The summed E-state index contributed by atoms with van der Waals surface area (Å²) in [5.41, 5.74) is 5.67. The minimum Gasteiger partial charge on any atom is -0.306 e. The van der Waals surface area contributed by atoms with Crippen molar-refractivity contribution in [1.29, 1.82) is 0 Å². The van der Waals surface area contributed by atoms with Crippen LogP contribution in [-0.2, 0) is 17.6 Å². The van der Waals surface area contributed by atoms with Gasteiger partial charge in [0.25, 0.3) is 5.95 Å². The highest BCUT2D eigenvalue weighted by Crippen LogP contribution is 2.20. The van der Waals surface area contributed by atoms with E-state index < -0.39 is 0 Å². The molecule has 0 spiro atoms. The molecule has 20 heavy (non-hydrogen) atoms. The van der Waals surface area contributed by atoms with E-state index in [0.717, 1.165) is 44.7 Å². The van der Waals surface area contributed by atoms with E-state index >= 15 is 0 Å². The molecule has 0 aromatic carbocycles. The number of carbonyl (C=O) groups is 1. The summed E-state index contributed by atoms with van der Waals surface area (Å²) in [7, 11) is 0. The van der Waals surface area contributed by atoms with E-state index in [1.54, 1.807) is 6.92 Å². The van der Waals surface area contributed by atoms with Gasteiger partial charge in [0.2, 0.25) is 0 Å². The number of aromatic nitrogens is 2. The number of piperazine rings is 1. The summed E-state index contributed by atoms with van der Waals surface area (Å²) in [4.78, 5) is 21.1. The molecular weight excluding hydrogens is 254 g/mol. The van der Waals surface area contributed by atoms with Gasteiger partial charge in [-0.05, 0) is 31.2 Å². The lowest BCUT2D eigenvalue weighted by molar-refractivity contribution is -0.834. The molecule has 0 radical (unpaired) electrons. The van der Waals surface area contributed by atoms with Gasteiger partial charge < -0.3 is 5.32 Å². The fourth-order valence-corrected chi connectivity index (χ4v) is 3.00. The first-order valence-corrected chi connectivity index (χ1v) is 7.42. The Bertz CT molecular complexity index is 510. The topological polar surface area (TPSA) is 66.9 Å². The van der Waals surface area contributed by atoms with Gasteiger partial charge >= 0.3 is 5.91 Å². The zero-order chi connectivity index (χ0) is 14.0. The number of fused-ring (bicyclic) bond motifs is 1. The minimum atomic E-state index is 0.118. The Hall–Kier alpha value is -1.53. The first kappa shape index (κ1) is 13.5. The van der Waals surface area contributed by atoms with Gasteiger partial charge in [-0.25, -0.2) is 14.8 Å². The van der Waals surface area contributed by atoms with Gasteiger partial charge in [-0.15, -0.1) is 0 Å². The molecule has 0 bridgehead atoms. The van der Waals surface area contributed by atoms with Crippen molar-refractivity contribution in [2.75, 3.05) is 31.6 Å². The van der Waals surface area contributed by atoms with Crippen molar-refractivity contribution in [2.24, 2.45) is 0 Å². The van der Waals surface area contributed by atoms with Crippen LogP contribution in [0.4, 0.5) is 5.95 Å². The Balaban J connectivity index is 1.83. The smallest absolute Gasteiger partial charge is 0.306 e. The Kier molecular flexibility index (Phi) is 3.67. The summed E-state index contributed by atoms with van der Waals surface area (Å²) in [6.45, 7) is 4.76. The SMILES string of the molecule is CC(=O)[N+]1(Nc2ncc3c(n2)CCCC3)CCNCC1. The van der Waals surface area contributed by atoms with Crippen LogP contribution in [0.1, 0.15) is 31.0 Å². The van der Waals surface area contributed by atoms with E-state index in [0.29, 0.717) is 5.95 Å². The third-order valence-electron chi connectivity index (χ3n) is 4.32. The lowest BCUT2D eigenvalue weighted by Crippen LogP contribution is -2.64. The number of carbonyl (C=O) groups excluding carboxylic acids is 1. The predicted molar refractivity (Wildman–Crippen MR) is 75.8 cm³/mol. The third kappa shape index (κ3) is 2.53. The molecule has 0 unspecified atom stereocenters. The Labute approximate surface area is 119 Å². The second kappa shape index (κ2) is 5.46. The van der Waals surface area contributed by atoms with Gasteiger partial charge in [0.15, 0.2) is 0 Å². The van der Waals surface area contributed by atoms with E-state index in [1.165, 1.54) is 18.4 Å². The van der Waals surface area contributed by atoms with Gasteiger partial charge in [-0.1, -0.05) is 0 Å². The van der Waals surface area contributed by atoms with Crippen LogP contribution in [-0.4, -0.2) is 46.6 Å². The number of rotatable bonds is 2. The Morgan fingerprint density at radius 2 is 2.05 bits per heavy atom. The summed E-state index contributed by atoms with van der Waals surface area (Å²) in [6, 6.07) is 0. The lowest BCUT2D eigenvalue weighted by Gasteiger charge is -2.37. The maximum atomic E-state index is 12.0. The molecule has 2 aliphatic rings. The average Bonchev–Trinajstić information content (AvgIpc) is 2.48. The third-order valence-corrected chi connectivity index (χ3v) is 4.32. The normalized spacial score (nSPS) is 21.1. The second-order valence-corrected chi connectivity index (χ2v) is 5.67. The molecule has 0 atom stereocenters. The highest BCUT2D eigenvalue weighted by Gasteiger charge is 2.37. The summed E-state index contributed by atoms with van der Waals surface area (Å²) in [5.74, 6) is 0.704. The molecule has 1 saturated heterocycles. The quantitative estimate of drug-likeness (QED) is 0.776. The standard InChI is InChI=1S/C14H22N5O/c1-11(20)19(8-6-15-7-9-19)18-14-16-10-12-4-2-3-5-13(12)17-14/h10,15H,2-9H2,1H3,(H,16,17,18)/q+1. The van der Waals surface area contributed by atoms with Crippen molar-refractivity contribution < 1.29 is 9.39 Å². The number of quaternary nitrogens is 1. The maximum Gasteiger partial charge on any atom is 0.334 e. The highest BCUT2D eigenvalue weighted by atomic mass is 16.2. The van der Waals surface area contributed by atoms with Gasteiger partial charge in [0.1, 0.15) is 13.1 Å². The number of anilines is 1. The molecule has 3 rings (SSSR count). The molecule has 0 saturated carbocycles. The average molecular weight is 276 g/mol. The van der Waals surface area contributed by atoms with Crippen LogP contribution < -0.4 is 10.7 Å². The van der Waals surface area contributed by atoms with E-state index in [9.17, 15) is 4.79 Å². The Morgan fingerprint density at radius 3 is 2.80 bits per heavy atom. The highest BCUT2D eigenvalue weighted by molar-refractivity contribution is 5.66. The van der Waals surface area contributed by atoms with E-state index in [2.05, 4.69) is 20.7 Å². The summed E-state index contributed by atoms with van der Waals surface area (Å²) < 4.78 is 0.242. The molecule has 1 aliphatic carbocycles. The van der Waals surface area contributed by atoms with Crippen molar-refractivity contribution in [3.8, 4) is 0 Å². The number of amides is 1. The summed E-state index contributed by atoms with van der Waals surface area (Å²) in [6.07, 6.45) is 6.44. The molecule has 2 N–H and O–H groups in total. The molecule has 1 amide bonds. The fraction of sp³-hybridized carbons (Fsp3) is 0.643. The zero-order valence-electron chi connectivity index (χ0n) is 12.0. The van der Waals surface area contributed by atoms with Crippen LogP contribution in [0.25, 0.3) is 0 Å². The molecule has 1 aromatic heterocycles. The molecular formula is C14H22N5O+. The Morgan fingerprint density at radius 1 is 1.30 bits per heavy atom. The van der Waals surface area contributed by atoms with E-state index in [4.69, 9.17) is 0 Å². The summed E-state index contributed by atoms with van der Waals surface area (Å²) >= 11 is 0. The molecule has 6 heteroatoms. The summed E-state index contributed by atoms with van der Waals surface area (Å²) in [5, 5.41) is 3.28. The van der Waals surface area contributed by atoms with Crippen LogP contribution in [0.2, 0.25) is 0 Å². The number of aryl methyl sites for hydroxylation is 2. The maximum absolute atomic E-state index is 12.0. The van der Waals surface area contributed by atoms with Gasteiger partial charge in [-0.3, -0.25) is 0 Å². The van der Waals surface area contributed by atoms with Crippen LogP contribution in [0.15, 0.2) is 6.20 Å². The zero-order valence-corrected chi connectivity index (χ0v) is 12.0. The number of hydrogen-bond acceptors (Lipinski definition) is 5. The monoisotopic (exact) mass is 276 g/mol. The largest absolute Gasteiger partial charge is 0.334 e. The predicted octanol–water partition coefficient (Wildman–Crippen LogP) is 0.649. The minimum absolute atomic E-state index is 0.118. The van der Waals surface area contributed by atoms with Gasteiger partial charge in [0.05, 0.1) is 6.92 Å². The van der Waals surface area contributed by atoms with E-state index in [1.807, 2.05) is 6.20 Å². The first-order valence-electron chi connectivity index (χ1n) is 7.42. The van der Waals surface area contributed by atoms with Crippen LogP contribution in [0.3, 0.4) is 0 Å². The molecule has 1 aliphatic heterocycles. The number of nitrogens with one attached hydrogen (secondary N) is 2. The number of hydrogen-bond donors (Lipinski definition) is 2. The second-order valence-electron chi connectivity index (χ2n) is 5.67. The van der Waals surface area contributed by atoms with Crippen molar-refractivity contribution >= 4 is 11.9 Å². The molecule has 6 nitrogen and oxygen atoms in total. The molecule has 1 fully saturated rings. The number of nitrogens with zero attached hydrogens (tertiary/aromatic N) is 3. The van der Waals surface area contributed by atoms with Crippen LogP contribution in [0.5, 0.6) is 0 Å². The van der Waals surface area contributed by atoms with Gasteiger partial charge in [0, 0.05) is 25.0 Å².